The van der Waals surface area contributed by atoms with Gasteiger partial charge in [-0.25, -0.2) is 0 Å². The molecule has 1 amide bonds. The van der Waals surface area contributed by atoms with Gasteiger partial charge in [-0.05, 0) is 36.2 Å². The van der Waals surface area contributed by atoms with Crippen molar-refractivity contribution in [3.63, 3.8) is 0 Å². The first-order valence-electron chi connectivity index (χ1n) is 7.18. The number of hydrogen-bond donors (Lipinski definition) is 2. The van der Waals surface area contributed by atoms with Gasteiger partial charge < -0.3 is 15.4 Å². The minimum absolute atomic E-state index is 0.117. The molecule has 0 radical (unpaired) electrons. The van der Waals surface area contributed by atoms with E-state index >= 15 is 0 Å². The quantitative estimate of drug-likeness (QED) is 0.909. The Bertz CT molecular complexity index is 703. The molecule has 2 aromatic carbocycles. The van der Waals surface area contributed by atoms with Crippen LogP contribution in [0.5, 0.6) is 5.75 Å². The van der Waals surface area contributed by atoms with Gasteiger partial charge in [0.1, 0.15) is 5.75 Å². The lowest BCUT2D eigenvalue weighted by atomic mass is 10.1. The summed E-state index contributed by atoms with van der Waals surface area (Å²) in [6.07, 6.45) is -0.448. The summed E-state index contributed by atoms with van der Waals surface area (Å²) in [5.41, 5.74) is 2.86. The number of carbonyl (C=O) groups excluding carboxylic acids is 1. The predicted molar refractivity (Wildman–Crippen MR) is 87.2 cm³/mol. The lowest BCUT2D eigenvalue weighted by Crippen LogP contribution is -2.34. The number of ether oxygens (including phenoxy) is 1. The molecule has 0 spiro atoms. The maximum Gasteiger partial charge on any atom is 0.265 e. The summed E-state index contributed by atoms with van der Waals surface area (Å²) in [5.74, 6) is 0.593. The second-order valence-corrected chi connectivity index (χ2v) is 5.68. The van der Waals surface area contributed by atoms with Gasteiger partial charge in [-0.1, -0.05) is 35.9 Å². The van der Waals surface area contributed by atoms with Crippen molar-refractivity contribution < 1.29 is 9.53 Å². The van der Waals surface area contributed by atoms with E-state index in [9.17, 15) is 4.79 Å². The molecule has 114 valence electrons. The van der Waals surface area contributed by atoms with Gasteiger partial charge in [-0.2, -0.15) is 0 Å². The Labute approximate surface area is 134 Å². The summed E-state index contributed by atoms with van der Waals surface area (Å²) in [5, 5.41) is 6.96. The molecule has 0 bridgehead atoms. The van der Waals surface area contributed by atoms with Crippen molar-refractivity contribution in [2.45, 2.75) is 26.1 Å². The van der Waals surface area contributed by atoms with Crippen LogP contribution in [-0.2, 0) is 17.9 Å². The van der Waals surface area contributed by atoms with Gasteiger partial charge in [0.05, 0.1) is 5.69 Å². The topological polar surface area (TPSA) is 50.4 Å². The number of amides is 1. The van der Waals surface area contributed by atoms with Gasteiger partial charge in [0.25, 0.3) is 5.91 Å². The second-order valence-electron chi connectivity index (χ2n) is 5.27. The molecule has 5 heteroatoms. The van der Waals surface area contributed by atoms with E-state index in [0.29, 0.717) is 18.8 Å². The Morgan fingerprint density at radius 1 is 1.23 bits per heavy atom. The lowest BCUT2D eigenvalue weighted by molar-refractivity contribution is -0.122. The molecule has 2 aromatic rings. The van der Waals surface area contributed by atoms with Crippen molar-refractivity contribution in [1.29, 1.82) is 0 Å². The van der Waals surface area contributed by atoms with Crippen LogP contribution in [0.25, 0.3) is 0 Å². The summed E-state index contributed by atoms with van der Waals surface area (Å²) in [7, 11) is 0. The third kappa shape index (κ3) is 3.24. The fourth-order valence-corrected chi connectivity index (χ4v) is 2.55. The Balaban J connectivity index is 1.63. The van der Waals surface area contributed by atoms with Crippen molar-refractivity contribution in [2.24, 2.45) is 0 Å². The van der Waals surface area contributed by atoms with Crippen molar-refractivity contribution in [3.8, 4) is 5.75 Å². The highest BCUT2D eigenvalue weighted by Crippen LogP contribution is 2.30. The summed E-state index contributed by atoms with van der Waals surface area (Å²) in [6, 6.07) is 13.6. The van der Waals surface area contributed by atoms with E-state index < -0.39 is 6.10 Å². The lowest BCUT2D eigenvalue weighted by Gasteiger charge is -2.23. The largest absolute Gasteiger partial charge is 0.479 e. The van der Waals surface area contributed by atoms with E-state index in [1.807, 2.05) is 42.5 Å². The average Bonchev–Trinajstić information content (AvgIpc) is 2.50. The van der Waals surface area contributed by atoms with Crippen molar-refractivity contribution in [3.05, 3.63) is 58.6 Å². The van der Waals surface area contributed by atoms with E-state index in [1.54, 1.807) is 6.92 Å². The zero-order valence-electron chi connectivity index (χ0n) is 12.2. The van der Waals surface area contributed by atoms with E-state index in [4.69, 9.17) is 16.3 Å². The zero-order valence-corrected chi connectivity index (χ0v) is 13.0. The molecule has 0 aliphatic carbocycles. The SMILES string of the molecule is CC1Oc2ccc(CNCc3ccccc3Cl)cc2NC1=O. The fraction of sp³-hybridized carbons (Fsp3) is 0.235. The molecule has 0 fully saturated rings. The molecule has 0 saturated carbocycles. The molecule has 3 rings (SSSR count). The molecule has 1 aliphatic rings. The van der Waals surface area contributed by atoms with Crippen LogP contribution in [-0.4, -0.2) is 12.0 Å². The molecule has 1 unspecified atom stereocenters. The van der Waals surface area contributed by atoms with Crippen molar-refractivity contribution in [2.75, 3.05) is 5.32 Å². The number of nitrogens with one attached hydrogen (secondary N) is 2. The number of benzene rings is 2. The van der Waals surface area contributed by atoms with Gasteiger partial charge >= 0.3 is 0 Å². The maximum atomic E-state index is 11.6. The van der Waals surface area contributed by atoms with Crippen LogP contribution in [0.2, 0.25) is 5.02 Å². The number of rotatable bonds is 4. The number of halogens is 1. The maximum absolute atomic E-state index is 11.6. The Morgan fingerprint density at radius 3 is 2.86 bits per heavy atom. The zero-order chi connectivity index (χ0) is 15.5. The van der Waals surface area contributed by atoms with Crippen LogP contribution in [0.15, 0.2) is 42.5 Å². The average molecular weight is 317 g/mol. The molecule has 1 aliphatic heterocycles. The normalized spacial score (nSPS) is 16.6. The highest BCUT2D eigenvalue weighted by molar-refractivity contribution is 6.31. The molecule has 2 N–H and O–H groups in total. The third-order valence-electron chi connectivity index (χ3n) is 3.58. The van der Waals surface area contributed by atoms with E-state index in [1.165, 1.54) is 0 Å². The Kier molecular flexibility index (Phi) is 4.32. The van der Waals surface area contributed by atoms with Crippen LogP contribution in [0.4, 0.5) is 5.69 Å². The van der Waals surface area contributed by atoms with E-state index in [2.05, 4.69) is 10.6 Å². The summed E-state index contributed by atoms with van der Waals surface area (Å²) >= 11 is 6.13. The Hall–Kier alpha value is -2.04. The minimum atomic E-state index is -0.448. The second kappa shape index (κ2) is 6.38. The predicted octanol–water partition coefficient (Wildman–Crippen LogP) is 3.35. The van der Waals surface area contributed by atoms with Crippen LogP contribution in [0, 0.1) is 0 Å². The van der Waals surface area contributed by atoms with Gasteiger partial charge in [0, 0.05) is 18.1 Å². The molecular weight excluding hydrogens is 300 g/mol. The number of carbonyl (C=O) groups is 1. The Morgan fingerprint density at radius 2 is 2.05 bits per heavy atom. The molecule has 22 heavy (non-hydrogen) atoms. The third-order valence-corrected chi connectivity index (χ3v) is 3.95. The van der Waals surface area contributed by atoms with Gasteiger partial charge in [-0.15, -0.1) is 0 Å². The molecule has 1 heterocycles. The van der Waals surface area contributed by atoms with Crippen LogP contribution >= 0.6 is 11.6 Å². The van der Waals surface area contributed by atoms with Crippen molar-refractivity contribution >= 4 is 23.2 Å². The first kappa shape index (κ1) is 14.9. The molecular formula is C17H17ClN2O2. The van der Waals surface area contributed by atoms with Crippen molar-refractivity contribution in [1.82, 2.24) is 5.32 Å². The minimum Gasteiger partial charge on any atom is -0.479 e. The summed E-state index contributed by atoms with van der Waals surface area (Å²) in [6.45, 7) is 3.11. The highest BCUT2D eigenvalue weighted by Gasteiger charge is 2.23. The van der Waals surface area contributed by atoms with Gasteiger partial charge in [0.15, 0.2) is 6.10 Å². The van der Waals surface area contributed by atoms with Gasteiger partial charge in [0.2, 0.25) is 0 Å². The summed E-state index contributed by atoms with van der Waals surface area (Å²) in [4.78, 5) is 11.6. The van der Waals surface area contributed by atoms with E-state index in [-0.39, 0.29) is 5.91 Å². The fourth-order valence-electron chi connectivity index (χ4n) is 2.35. The summed E-state index contributed by atoms with van der Waals surface area (Å²) < 4.78 is 5.54. The van der Waals surface area contributed by atoms with Gasteiger partial charge in [-0.3, -0.25) is 4.79 Å². The molecule has 0 aromatic heterocycles. The standard InChI is InChI=1S/C17H17ClN2O2/c1-11-17(21)20-15-8-12(6-7-16(15)22-11)9-19-10-13-4-2-3-5-14(13)18/h2-8,11,19H,9-10H2,1H3,(H,20,21). The monoisotopic (exact) mass is 316 g/mol. The smallest absolute Gasteiger partial charge is 0.265 e. The number of fused-ring (bicyclic) bond motifs is 1. The van der Waals surface area contributed by atoms with Crippen LogP contribution in [0.1, 0.15) is 18.1 Å². The van der Waals surface area contributed by atoms with Crippen LogP contribution in [0.3, 0.4) is 0 Å². The highest BCUT2D eigenvalue weighted by atomic mass is 35.5. The number of hydrogen-bond acceptors (Lipinski definition) is 3. The first-order valence-corrected chi connectivity index (χ1v) is 7.56. The molecule has 1 atom stereocenters. The van der Waals surface area contributed by atoms with E-state index in [0.717, 1.165) is 21.8 Å². The molecule has 0 saturated heterocycles. The first-order chi connectivity index (χ1) is 10.6. The molecule has 4 nitrogen and oxygen atoms in total. The van der Waals surface area contributed by atoms with Crippen LogP contribution < -0.4 is 15.4 Å². The number of anilines is 1.